The molecule has 0 aliphatic carbocycles. The van der Waals surface area contributed by atoms with Crippen LogP contribution in [-0.4, -0.2) is 21.8 Å². The molecule has 3 rings (SSSR count). The van der Waals surface area contributed by atoms with Gasteiger partial charge in [0.1, 0.15) is 5.56 Å². The Balaban J connectivity index is 2.31. The molecule has 0 fully saturated rings. The van der Waals surface area contributed by atoms with Crippen LogP contribution in [-0.2, 0) is 5.41 Å². The second-order valence-corrected chi connectivity index (χ2v) is 6.90. The number of nitrogens with zero attached hydrogens (tertiary/aromatic N) is 4. The van der Waals surface area contributed by atoms with Gasteiger partial charge in [0.15, 0.2) is 0 Å². The molecule has 0 atom stereocenters. The molecule has 1 aliphatic rings. The van der Waals surface area contributed by atoms with E-state index in [1.165, 1.54) is 6.08 Å². The monoisotopic (exact) mass is 384 g/mol. The van der Waals surface area contributed by atoms with Crippen molar-refractivity contribution in [2.45, 2.75) is 19.3 Å². The number of benzene rings is 2. The normalized spacial score (nSPS) is 16.1. The number of allylic oxidation sites excluding steroid dienone is 1. The van der Waals surface area contributed by atoms with Crippen molar-refractivity contribution >= 4 is 28.8 Å². The van der Waals surface area contributed by atoms with Gasteiger partial charge in [0.2, 0.25) is 0 Å². The van der Waals surface area contributed by atoms with Gasteiger partial charge in [-0.25, -0.2) is 0 Å². The van der Waals surface area contributed by atoms with E-state index in [0.717, 1.165) is 23.4 Å². The molecule has 1 aliphatic heterocycles. The first-order valence-electron chi connectivity index (χ1n) is 8.22. The first-order valence-corrected chi connectivity index (χ1v) is 8.22. The number of hydrogen-bond acceptors (Lipinski definition) is 7. The van der Waals surface area contributed by atoms with Crippen LogP contribution in [0.4, 0.5) is 22.7 Å². The Morgan fingerprint density at radius 1 is 0.929 bits per heavy atom. The Kier molecular flexibility index (Phi) is 4.34. The molecule has 10 heteroatoms. The predicted molar refractivity (Wildman–Crippen MR) is 102 cm³/mol. The summed E-state index contributed by atoms with van der Waals surface area (Å²) in [6.45, 7) is 3.81. The van der Waals surface area contributed by atoms with E-state index in [1.807, 2.05) is 43.0 Å². The van der Waals surface area contributed by atoms with Gasteiger partial charge < -0.3 is 4.90 Å². The van der Waals surface area contributed by atoms with E-state index in [-0.39, 0.29) is 5.56 Å². The van der Waals surface area contributed by atoms with Gasteiger partial charge in [0.25, 0.3) is 17.1 Å². The molecule has 0 bridgehead atoms. The quantitative estimate of drug-likeness (QED) is 0.570. The standard InChI is InChI=1S/C18H16N4O6/c1-18(2)13-6-4-5-7-14(13)19(3)17(18)10-12-15(21(25)26)8-11(20(23)24)9-16(12)22(27)28/h4-10H,1-3H3/b17-10+. The Bertz CT molecular complexity index is 1020. The van der Waals surface area contributed by atoms with Crippen molar-refractivity contribution in [3.05, 3.63) is 83.6 Å². The van der Waals surface area contributed by atoms with E-state index < -0.39 is 37.2 Å². The van der Waals surface area contributed by atoms with E-state index in [1.54, 1.807) is 7.05 Å². The number of rotatable bonds is 4. The van der Waals surface area contributed by atoms with Gasteiger partial charge in [-0.3, -0.25) is 30.3 Å². The highest BCUT2D eigenvalue weighted by molar-refractivity contribution is 5.81. The fourth-order valence-corrected chi connectivity index (χ4v) is 3.56. The van der Waals surface area contributed by atoms with Gasteiger partial charge in [-0.05, 0) is 17.7 Å². The first-order chi connectivity index (χ1) is 13.1. The minimum absolute atomic E-state index is 0.275. The van der Waals surface area contributed by atoms with Crippen molar-refractivity contribution in [2.75, 3.05) is 11.9 Å². The predicted octanol–water partition coefficient (Wildman–Crippen LogP) is 4.18. The highest BCUT2D eigenvalue weighted by Crippen LogP contribution is 2.48. The number of nitro groups is 3. The van der Waals surface area contributed by atoms with Crippen molar-refractivity contribution < 1.29 is 14.8 Å². The Morgan fingerprint density at radius 3 is 1.93 bits per heavy atom. The third kappa shape index (κ3) is 2.84. The average Bonchev–Trinajstić information content (AvgIpc) is 2.82. The zero-order chi connectivity index (χ0) is 20.8. The summed E-state index contributed by atoms with van der Waals surface area (Å²) in [7, 11) is 1.77. The van der Waals surface area contributed by atoms with Crippen molar-refractivity contribution in [3.63, 3.8) is 0 Å². The summed E-state index contributed by atoms with van der Waals surface area (Å²) in [6.07, 6.45) is 1.37. The lowest BCUT2D eigenvalue weighted by atomic mass is 9.83. The van der Waals surface area contributed by atoms with E-state index in [4.69, 9.17) is 0 Å². The molecule has 0 amide bonds. The Morgan fingerprint density at radius 2 is 1.46 bits per heavy atom. The molecule has 0 spiro atoms. The van der Waals surface area contributed by atoms with Crippen LogP contribution >= 0.6 is 0 Å². The number of para-hydroxylation sites is 1. The summed E-state index contributed by atoms with van der Waals surface area (Å²) in [4.78, 5) is 33.3. The van der Waals surface area contributed by atoms with E-state index in [0.29, 0.717) is 5.70 Å². The van der Waals surface area contributed by atoms with Crippen LogP contribution in [0.25, 0.3) is 6.08 Å². The molecule has 0 saturated carbocycles. The van der Waals surface area contributed by atoms with Crippen LogP contribution in [0.15, 0.2) is 42.1 Å². The maximum Gasteiger partial charge on any atom is 0.290 e. The largest absolute Gasteiger partial charge is 0.347 e. The van der Waals surface area contributed by atoms with Crippen LogP contribution in [0, 0.1) is 30.3 Å². The molecule has 144 valence electrons. The maximum absolute atomic E-state index is 11.5. The summed E-state index contributed by atoms with van der Waals surface area (Å²) < 4.78 is 0. The van der Waals surface area contributed by atoms with Gasteiger partial charge in [-0.1, -0.05) is 32.0 Å². The molecule has 0 saturated heterocycles. The number of nitro benzene ring substituents is 3. The number of likely N-dealkylation sites (N-methyl/N-ethyl adjacent to an activating group) is 1. The Hall–Kier alpha value is -3.82. The maximum atomic E-state index is 11.5. The third-order valence-corrected chi connectivity index (χ3v) is 4.95. The molecule has 28 heavy (non-hydrogen) atoms. The highest BCUT2D eigenvalue weighted by atomic mass is 16.6. The highest BCUT2D eigenvalue weighted by Gasteiger charge is 2.40. The number of hydrogen-bond donors (Lipinski definition) is 0. The topological polar surface area (TPSA) is 133 Å². The fraction of sp³-hybridized carbons (Fsp3) is 0.222. The third-order valence-electron chi connectivity index (χ3n) is 4.95. The smallest absolute Gasteiger partial charge is 0.290 e. The summed E-state index contributed by atoms with van der Waals surface area (Å²) in [5, 5.41) is 34.1. The van der Waals surface area contributed by atoms with Crippen molar-refractivity contribution in [1.29, 1.82) is 0 Å². The molecular weight excluding hydrogens is 368 g/mol. The van der Waals surface area contributed by atoms with Crippen LogP contribution in [0.5, 0.6) is 0 Å². The molecule has 0 unspecified atom stereocenters. The molecule has 10 nitrogen and oxygen atoms in total. The zero-order valence-electron chi connectivity index (χ0n) is 15.3. The van der Waals surface area contributed by atoms with Gasteiger partial charge >= 0.3 is 0 Å². The summed E-state index contributed by atoms with van der Waals surface area (Å²) in [5.41, 5.74) is -0.474. The SMILES string of the molecule is CN1/C(=C/c2c([N+](=O)[O-])cc([N+](=O)[O-])cc2[N+](=O)[O-])C(C)(C)c2ccccc21. The molecule has 1 heterocycles. The summed E-state index contributed by atoms with van der Waals surface area (Å²) in [5.74, 6) is 0. The molecule has 0 radical (unpaired) electrons. The number of fused-ring (bicyclic) bond motifs is 1. The fourth-order valence-electron chi connectivity index (χ4n) is 3.56. The second-order valence-electron chi connectivity index (χ2n) is 6.90. The minimum Gasteiger partial charge on any atom is -0.347 e. The lowest BCUT2D eigenvalue weighted by Crippen LogP contribution is -2.22. The zero-order valence-corrected chi connectivity index (χ0v) is 15.3. The lowest BCUT2D eigenvalue weighted by molar-refractivity contribution is -0.403. The van der Waals surface area contributed by atoms with Crippen LogP contribution in [0.1, 0.15) is 25.0 Å². The lowest BCUT2D eigenvalue weighted by Gasteiger charge is -2.24. The number of anilines is 1. The summed E-state index contributed by atoms with van der Waals surface area (Å²) in [6, 6.07) is 9.02. The van der Waals surface area contributed by atoms with E-state index in [2.05, 4.69) is 0 Å². The van der Waals surface area contributed by atoms with Gasteiger partial charge in [0, 0.05) is 23.8 Å². The van der Waals surface area contributed by atoms with Crippen molar-refractivity contribution in [2.24, 2.45) is 0 Å². The van der Waals surface area contributed by atoms with Crippen LogP contribution < -0.4 is 4.90 Å². The molecule has 0 N–H and O–H groups in total. The molecule has 0 aromatic heterocycles. The molecular formula is C18H16N4O6. The minimum atomic E-state index is -0.890. The van der Waals surface area contributed by atoms with Crippen LogP contribution in [0.3, 0.4) is 0 Å². The van der Waals surface area contributed by atoms with Crippen LogP contribution in [0.2, 0.25) is 0 Å². The van der Waals surface area contributed by atoms with Crippen molar-refractivity contribution in [3.8, 4) is 0 Å². The second kappa shape index (κ2) is 6.41. The van der Waals surface area contributed by atoms with E-state index in [9.17, 15) is 30.3 Å². The Labute approximate surface area is 159 Å². The van der Waals surface area contributed by atoms with Gasteiger partial charge in [0.05, 0.1) is 26.9 Å². The first kappa shape index (κ1) is 19.0. The van der Waals surface area contributed by atoms with Gasteiger partial charge in [-0.15, -0.1) is 0 Å². The molecule has 2 aromatic carbocycles. The average molecular weight is 384 g/mol. The van der Waals surface area contributed by atoms with E-state index >= 15 is 0 Å². The summed E-state index contributed by atoms with van der Waals surface area (Å²) >= 11 is 0. The number of non-ortho nitro benzene ring substituents is 1. The van der Waals surface area contributed by atoms with Gasteiger partial charge in [-0.2, -0.15) is 0 Å². The van der Waals surface area contributed by atoms with Crippen molar-refractivity contribution in [1.82, 2.24) is 0 Å². The molecule has 2 aromatic rings.